The molecule has 6 nitrogen and oxygen atoms in total. The minimum absolute atomic E-state index is 0. The summed E-state index contributed by atoms with van der Waals surface area (Å²) in [6, 6.07) is 5.95. The third-order valence-corrected chi connectivity index (χ3v) is 1.50. The van der Waals surface area contributed by atoms with Crippen LogP contribution in [0.5, 0.6) is 5.75 Å². The molecule has 0 heterocycles. The van der Waals surface area contributed by atoms with Gasteiger partial charge in [0.2, 0.25) is 0 Å². The van der Waals surface area contributed by atoms with E-state index in [1.54, 1.807) is 6.07 Å². The van der Waals surface area contributed by atoms with E-state index >= 15 is 0 Å². The molecule has 0 bridgehead atoms. The van der Waals surface area contributed by atoms with Gasteiger partial charge in [-0.1, -0.05) is 12.1 Å². The average Bonchev–Trinajstić information content (AvgIpc) is 1.91. The van der Waals surface area contributed by atoms with Crippen molar-refractivity contribution in [3.05, 3.63) is 24.3 Å². The molecule has 0 saturated carbocycles. The van der Waals surface area contributed by atoms with Gasteiger partial charge in [-0.3, -0.25) is 4.55 Å². The first-order valence-electron chi connectivity index (χ1n) is 3.00. The van der Waals surface area contributed by atoms with Gasteiger partial charge in [0.05, 0.1) is 5.69 Å². The van der Waals surface area contributed by atoms with Crippen LogP contribution in [0.1, 0.15) is 0 Å². The fourth-order valence-electron chi connectivity index (χ4n) is 0.670. The van der Waals surface area contributed by atoms with Gasteiger partial charge < -0.3 is 15.4 Å². The van der Waals surface area contributed by atoms with E-state index in [1.807, 2.05) is 0 Å². The summed E-state index contributed by atoms with van der Waals surface area (Å²) >= 11 is 0. The van der Waals surface area contributed by atoms with Crippen molar-refractivity contribution in [1.82, 2.24) is 0 Å². The van der Waals surface area contributed by atoms with Gasteiger partial charge in [-0.2, -0.15) is 8.42 Å². The fourth-order valence-corrected chi connectivity index (χ4v) is 1.05. The number of hydrogen-bond acceptors (Lipinski definition) is 4. The van der Waals surface area contributed by atoms with Gasteiger partial charge in [0.15, 0.2) is 5.75 Å². The monoisotopic (exact) mass is 207 g/mol. The Balaban J connectivity index is 0.00000144. The Morgan fingerprint density at radius 1 is 1.31 bits per heavy atom. The highest BCUT2D eigenvalue weighted by Crippen LogP contribution is 2.20. The third kappa shape index (κ3) is 3.74. The van der Waals surface area contributed by atoms with E-state index < -0.39 is 10.4 Å². The highest BCUT2D eigenvalue weighted by Gasteiger charge is 2.08. The summed E-state index contributed by atoms with van der Waals surface area (Å²) in [6.07, 6.45) is 0. The van der Waals surface area contributed by atoms with Crippen molar-refractivity contribution >= 4 is 16.1 Å². The number of benzene rings is 1. The summed E-state index contributed by atoms with van der Waals surface area (Å²) in [4.78, 5) is 0. The molecule has 0 atom stereocenters. The molecule has 0 aliphatic carbocycles. The Labute approximate surface area is 75.2 Å². The van der Waals surface area contributed by atoms with Crippen LogP contribution in [0.15, 0.2) is 24.3 Å². The van der Waals surface area contributed by atoms with Crippen LogP contribution in [-0.4, -0.2) is 18.4 Å². The number of hydrogen-bond donors (Lipinski definition) is 2. The Morgan fingerprint density at radius 3 is 2.31 bits per heavy atom. The van der Waals surface area contributed by atoms with Crippen molar-refractivity contribution in [2.45, 2.75) is 0 Å². The van der Waals surface area contributed by atoms with E-state index in [4.69, 9.17) is 10.3 Å². The Hall–Kier alpha value is -1.31. The minimum atomic E-state index is -4.48. The summed E-state index contributed by atoms with van der Waals surface area (Å²) in [7, 11) is -4.48. The SMILES string of the molecule is Nc1ccccc1OS(=O)(=O)O.O. The normalized spacial score (nSPS) is 10.2. The number of anilines is 1. The molecule has 0 spiro atoms. The first kappa shape index (κ1) is 11.7. The summed E-state index contributed by atoms with van der Waals surface area (Å²) in [5.41, 5.74) is 5.48. The van der Waals surface area contributed by atoms with Gasteiger partial charge in [0.1, 0.15) is 0 Å². The zero-order chi connectivity index (χ0) is 9.19. The quantitative estimate of drug-likeness (QED) is 0.506. The molecule has 0 aromatic heterocycles. The van der Waals surface area contributed by atoms with Crippen LogP contribution in [-0.2, 0) is 10.4 Å². The molecule has 13 heavy (non-hydrogen) atoms. The van der Waals surface area contributed by atoms with Gasteiger partial charge in [0, 0.05) is 0 Å². The summed E-state index contributed by atoms with van der Waals surface area (Å²) < 4.78 is 32.9. The first-order chi connectivity index (χ1) is 5.49. The molecule has 74 valence electrons. The third-order valence-electron chi connectivity index (χ3n) is 1.11. The van der Waals surface area contributed by atoms with E-state index in [9.17, 15) is 8.42 Å². The van der Waals surface area contributed by atoms with Crippen LogP contribution in [0.25, 0.3) is 0 Å². The van der Waals surface area contributed by atoms with Crippen LogP contribution < -0.4 is 9.92 Å². The number of nitrogens with two attached hydrogens (primary N) is 1. The van der Waals surface area contributed by atoms with Crippen LogP contribution in [0, 0.1) is 0 Å². The molecular weight excluding hydrogens is 198 g/mol. The van der Waals surface area contributed by atoms with Gasteiger partial charge in [-0.25, -0.2) is 0 Å². The van der Waals surface area contributed by atoms with E-state index in [-0.39, 0.29) is 16.9 Å². The molecule has 1 aromatic rings. The molecule has 1 aromatic carbocycles. The van der Waals surface area contributed by atoms with E-state index in [0.717, 1.165) is 0 Å². The molecule has 1 rings (SSSR count). The van der Waals surface area contributed by atoms with Crippen LogP contribution in [0.4, 0.5) is 5.69 Å². The molecule has 0 radical (unpaired) electrons. The molecule has 0 unspecified atom stereocenters. The molecule has 0 fully saturated rings. The Morgan fingerprint density at radius 2 is 1.85 bits per heavy atom. The predicted octanol–water partition coefficient (Wildman–Crippen LogP) is -0.374. The zero-order valence-electron chi connectivity index (χ0n) is 6.47. The maximum absolute atomic E-state index is 10.2. The van der Waals surface area contributed by atoms with Crippen LogP contribution in [0.2, 0.25) is 0 Å². The lowest BCUT2D eigenvalue weighted by Gasteiger charge is -2.02. The van der Waals surface area contributed by atoms with Crippen molar-refractivity contribution in [2.24, 2.45) is 0 Å². The highest BCUT2D eigenvalue weighted by atomic mass is 32.3. The van der Waals surface area contributed by atoms with E-state index in [1.165, 1.54) is 18.2 Å². The van der Waals surface area contributed by atoms with Gasteiger partial charge in [0.25, 0.3) is 0 Å². The first-order valence-corrected chi connectivity index (χ1v) is 4.37. The standard InChI is InChI=1S/C6H7NO4S.H2O/c7-5-3-1-2-4-6(5)11-12(8,9)10;/h1-4H,7H2,(H,8,9,10);1H2. The van der Waals surface area contributed by atoms with E-state index in [2.05, 4.69) is 4.18 Å². The zero-order valence-corrected chi connectivity index (χ0v) is 7.28. The lowest BCUT2D eigenvalue weighted by atomic mass is 10.3. The second kappa shape index (κ2) is 4.08. The van der Waals surface area contributed by atoms with Crippen molar-refractivity contribution in [3.63, 3.8) is 0 Å². The van der Waals surface area contributed by atoms with Crippen LogP contribution >= 0.6 is 0 Å². The van der Waals surface area contributed by atoms with Gasteiger partial charge in [-0.05, 0) is 12.1 Å². The lowest BCUT2D eigenvalue weighted by molar-refractivity contribution is 0.387. The van der Waals surface area contributed by atoms with Crippen molar-refractivity contribution < 1.29 is 22.6 Å². The molecule has 0 aliphatic heterocycles. The summed E-state index contributed by atoms with van der Waals surface area (Å²) in [5, 5.41) is 0. The largest absolute Gasteiger partial charge is 0.446 e. The Bertz CT molecular complexity index is 374. The molecule has 7 heteroatoms. The van der Waals surface area contributed by atoms with E-state index in [0.29, 0.717) is 0 Å². The summed E-state index contributed by atoms with van der Waals surface area (Å²) in [5.74, 6) is -0.0833. The molecule has 0 saturated heterocycles. The molecule has 0 amide bonds. The highest BCUT2D eigenvalue weighted by molar-refractivity contribution is 7.81. The summed E-state index contributed by atoms with van der Waals surface area (Å²) in [6.45, 7) is 0. The molecular formula is C6H9NO5S. The van der Waals surface area contributed by atoms with Gasteiger partial charge >= 0.3 is 10.4 Å². The maximum Gasteiger partial charge on any atom is 0.446 e. The van der Waals surface area contributed by atoms with Gasteiger partial charge in [-0.15, -0.1) is 0 Å². The predicted molar refractivity (Wildman–Crippen MR) is 46.6 cm³/mol. The maximum atomic E-state index is 10.2. The number of nitrogen functional groups attached to an aromatic ring is 1. The van der Waals surface area contributed by atoms with Crippen molar-refractivity contribution in [2.75, 3.05) is 5.73 Å². The number of rotatable bonds is 2. The minimum Gasteiger partial charge on any atom is -0.412 e. The second-order valence-corrected chi connectivity index (χ2v) is 3.07. The topological polar surface area (TPSA) is 121 Å². The Kier molecular flexibility index (Phi) is 3.67. The fraction of sp³-hybridized carbons (Fsp3) is 0. The van der Waals surface area contributed by atoms with Crippen molar-refractivity contribution in [1.29, 1.82) is 0 Å². The van der Waals surface area contributed by atoms with Crippen LogP contribution in [0.3, 0.4) is 0 Å². The average molecular weight is 207 g/mol. The second-order valence-electron chi connectivity index (χ2n) is 2.05. The molecule has 5 N–H and O–H groups in total. The van der Waals surface area contributed by atoms with Crippen molar-refractivity contribution in [3.8, 4) is 5.75 Å². The number of para-hydroxylation sites is 2. The molecule has 0 aliphatic rings. The lowest BCUT2D eigenvalue weighted by Crippen LogP contribution is -2.07. The smallest absolute Gasteiger partial charge is 0.412 e.